The molecule has 0 heterocycles. The minimum Gasteiger partial charge on any atom is -0.508 e. The molecule has 0 aromatic heterocycles. The van der Waals surface area contributed by atoms with E-state index in [2.05, 4.69) is 4.90 Å². The van der Waals surface area contributed by atoms with Gasteiger partial charge in [-0.2, -0.15) is 0 Å². The van der Waals surface area contributed by atoms with Gasteiger partial charge in [-0.1, -0.05) is 12.1 Å². The Labute approximate surface area is 200 Å². The van der Waals surface area contributed by atoms with Crippen LogP contribution in [0.1, 0.15) is 27.8 Å². The molecule has 0 saturated heterocycles. The Morgan fingerprint density at radius 2 is 1.06 bits per heavy atom. The number of phenolic OH excluding ortho intramolecular Hbond substituents is 3. The fourth-order valence-electron chi connectivity index (χ4n) is 3.99. The average Bonchev–Trinajstić information content (AvgIpc) is 2.79. The summed E-state index contributed by atoms with van der Waals surface area (Å²) in [5, 5.41) is 30.5. The number of rotatable bonds is 5. The van der Waals surface area contributed by atoms with Crippen LogP contribution in [-0.4, -0.2) is 15.3 Å². The van der Waals surface area contributed by atoms with Gasteiger partial charge >= 0.3 is 0 Å². The first-order chi connectivity index (χ1) is 16.2. The molecular formula is C29H29NO4. The molecular weight excluding hydrogens is 426 g/mol. The molecule has 0 amide bonds. The quantitative estimate of drug-likeness (QED) is 0.289. The predicted octanol–water partition coefficient (Wildman–Crippen LogP) is 7.61. The summed E-state index contributed by atoms with van der Waals surface area (Å²) in [6.07, 6.45) is 0. The lowest BCUT2D eigenvalue weighted by Gasteiger charge is -2.30. The highest BCUT2D eigenvalue weighted by Crippen LogP contribution is 2.46. The molecule has 3 N–H and O–H groups in total. The Bertz CT molecular complexity index is 1320. The van der Waals surface area contributed by atoms with E-state index in [4.69, 9.17) is 4.74 Å². The van der Waals surface area contributed by atoms with E-state index in [1.54, 1.807) is 30.3 Å². The molecule has 0 aliphatic rings. The lowest BCUT2D eigenvalue weighted by molar-refractivity contribution is 0.461. The van der Waals surface area contributed by atoms with Crippen molar-refractivity contribution in [1.82, 2.24) is 0 Å². The van der Waals surface area contributed by atoms with Crippen molar-refractivity contribution in [2.45, 2.75) is 34.6 Å². The van der Waals surface area contributed by atoms with Gasteiger partial charge in [-0.15, -0.1) is 0 Å². The first kappa shape index (κ1) is 23.1. The Hall–Kier alpha value is -4.12. The molecule has 0 bridgehead atoms. The maximum Gasteiger partial charge on any atom is 0.151 e. The van der Waals surface area contributed by atoms with Crippen LogP contribution in [0.4, 0.5) is 17.1 Å². The highest BCUT2D eigenvalue weighted by Gasteiger charge is 2.22. The van der Waals surface area contributed by atoms with Gasteiger partial charge in [0, 0.05) is 11.4 Å². The van der Waals surface area contributed by atoms with Crippen LogP contribution in [0.15, 0.2) is 66.7 Å². The summed E-state index contributed by atoms with van der Waals surface area (Å²) < 4.78 is 6.31. The van der Waals surface area contributed by atoms with Crippen LogP contribution < -0.4 is 9.64 Å². The molecule has 4 aromatic rings. The molecule has 0 unspecified atom stereocenters. The normalized spacial score (nSPS) is 10.9. The largest absolute Gasteiger partial charge is 0.508 e. The summed E-state index contributed by atoms with van der Waals surface area (Å²) in [6.45, 7) is 9.47. The fraction of sp³-hybridized carbons (Fsp3) is 0.172. The number of hydrogen-bond donors (Lipinski definition) is 3. The number of nitrogens with zero attached hydrogens (tertiary/aromatic N) is 1. The smallest absolute Gasteiger partial charge is 0.151 e. The molecule has 34 heavy (non-hydrogen) atoms. The van der Waals surface area contributed by atoms with Crippen LogP contribution >= 0.6 is 0 Å². The van der Waals surface area contributed by atoms with Gasteiger partial charge in [-0.3, -0.25) is 0 Å². The van der Waals surface area contributed by atoms with Gasteiger partial charge in [0.15, 0.2) is 5.75 Å². The average molecular weight is 456 g/mol. The van der Waals surface area contributed by atoms with Crippen molar-refractivity contribution in [3.63, 3.8) is 0 Å². The summed E-state index contributed by atoms with van der Waals surface area (Å²) in [7, 11) is 0. The number of phenols is 3. The summed E-state index contributed by atoms with van der Waals surface area (Å²) in [5.41, 5.74) is 6.60. The van der Waals surface area contributed by atoms with Crippen molar-refractivity contribution in [1.29, 1.82) is 0 Å². The SMILES string of the molecule is Cc1cc(Oc2ccccc2N(c2cc(C)c(O)cc2C)c2cc(C)c(O)cc2C)ccc1O. The molecule has 0 saturated carbocycles. The molecule has 4 aromatic carbocycles. The van der Waals surface area contributed by atoms with Crippen molar-refractivity contribution in [3.05, 3.63) is 94.5 Å². The second kappa shape index (κ2) is 9.02. The Kier molecular flexibility index (Phi) is 6.12. The lowest BCUT2D eigenvalue weighted by Crippen LogP contribution is -2.14. The lowest BCUT2D eigenvalue weighted by atomic mass is 10.0. The Morgan fingerprint density at radius 3 is 1.62 bits per heavy atom. The van der Waals surface area contributed by atoms with Gasteiger partial charge in [0.25, 0.3) is 0 Å². The van der Waals surface area contributed by atoms with Gasteiger partial charge in [-0.25, -0.2) is 0 Å². The predicted molar refractivity (Wildman–Crippen MR) is 136 cm³/mol. The molecule has 0 aliphatic carbocycles. The topological polar surface area (TPSA) is 73.2 Å². The van der Waals surface area contributed by atoms with E-state index in [0.29, 0.717) is 11.5 Å². The highest BCUT2D eigenvalue weighted by molar-refractivity contribution is 5.84. The minimum atomic E-state index is 0.215. The van der Waals surface area contributed by atoms with Crippen LogP contribution in [0, 0.1) is 34.6 Å². The van der Waals surface area contributed by atoms with Crippen LogP contribution in [0.2, 0.25) is 0 Å². The number of aryl methyl sites for hydroxylation is 5. The molecule has 0 aliphatic heterocycles. The first-order valence-electron chi connectivity index (χ1n) is 11.1. The standard InChI is InChI=1S/C29H29NO4/c1-17-15-27(32)20(4)13-24(17)30(25-14-21(5)28(33)16-18(25)2)23-8-6-7-9-29(23)34-22-10-11-26(31)19(3)12-22/h6-16,31-33H,1-5H3. The van der Waals surface area contributed by atoms with Crippen molar-refractivity contribution in [3.8, 4) is 28.7 Å². The van der Waals surface area contributed by atoms with Crippen molar-refractivity contribution < 1.29 is 20.1 Å². The van der Waals surface area contributed by atoms with E-state index >= 15 is 0 Å². The third-order valence-corrected chi connectivity index (χ3v) is 6.01. The van der Waals surface area contributed by atoms with E-state index in [0.717, 1.165) is 44.9 Å². The minimum absolute atomic E-state index is 0.215. The molecule has 0 fully saturated rings. The molecule has 5 nitrogen and oxygen atoms in total. The van der Waals surface area contributed by atoms with Gasteiger partial charge in [0.1, 0.15) is 23.0 Å². The first-order valence-corrected chi connectivity index (χ1v) is 11.1. The zero-order valence-corrected chi connectivity index (χ0v) is 20.0. The van der Waals surface area contributed by atoms with E-state index in [1.165, 1.54) is 0 Å². The van der Waals surface area contributed by atoms with Crippen LogP contribution in [-0.2, 0) is 0 Å². The van der Waals surface area contributed by atoms with E-state index in [-0.39, 0.29) is 17.2 Å². The van der Waals surface area contributed by atoms with Gasteiger partial charge in [-0.05, 0) is 117 Å². The third kappa shape index (κ3) is 4.37. The summed E-state index contributed by atoms with van der Waals surface area (Å²) in [6, 6.07) is 20.3. The monoisotopic (exact) mass is 455 g/mol. The van der Waals surface area contributed by atoms with Gasteiger partial charge in [0.2, 0.25) is 0 Å². The second-order valence-electron chi connectivity index (χ2n) is 8.70. The maximum absolute atomic E-state index is 10.3. The fourth-order valence-corrected chi connectivity index (χ4v) is 3.99. The van der Waals surface area contributed by atoms with Crippen molar-refractivity contribution in [2.24, 2.45) is 0 Å². The number of ether oxygens (including phenoxy) is 1. The van der Waals surface area contributed by atoms with Crippen molar-refractivity contribution in [2.75, 3.05) is 4.90 Å². The number of benzene rings is 4. The molecule has 4 rings (SSSR count). The Morgan fingerprint density at radius 1 is 0.529 bits per heavy atom. The molecule has 0 atom stereocenters. The molecule has 0 spiro atoms. The summed E-state index contributed by atoms with van der Waals surface area (Å²) in [5.74, 6) is 1.93. The molecule has 174 valence electrons. The van der Waals surface area contributed by atoms with Crippen molar-refractivity contribution >= 4 is 17.1 Å². The number of para-hydroxylation sites is 2. The second-order valence-corrected chi connectivity index (χ2v) is 8.70. The van der Waals surface area contributed by atoms with E-state index < -0.39 is 0 Å². The zero-order chi connectivity index (χ0) is 24.6. The van der Waals surface area contributed by atoms with Crippen LogP contribution in [0.5, 0.6) is 28.7 Å². The number of anilines is 3. The van der Waals surface area contributed by atoms with E-state index in [1.807, 2.05) is 71.0 Å². The molecule has 0 radical (unpaired) electrons. The third-order valence-electron chi connectivity index (χ3n) is 6.01. The summed E-state index contributed by atoms with van der Waals surface area (Å²) >= 11 is 0. The number of hydrogen-bond acceptors (Lipinski definition) is 5. The zero-order valence-electron chi connectivity index (χ0n) is 20.0. The van der Waals surface area contributed by atoms with Crippen LogP contribution in [0.3, 0.4) is 0 Å². The van der Waals surface area contributed by atoms with E-state index in [9.17, 15) is 15.3 Å². The maximum atomic E-state index is 10.3. The molecule has 5 heteroatoms. The summed E-state index contributed by atoms with van der Waals surface area (Å²) in [4.78, 5) is 2.09. The van der Waals surface area contributed by atoms with Crippen LogP contribution in [0.25, 0.3) is 0 Å². The van der Waals surface area contributed by atoms with Gasteiger partial charge in [0.05, 0.1) is 5.69 Å². The number of aromatic hydroxyl groups is 3. The van der Waals surface area contributed by atoms with Gasteiger partial charge < -0.3 is 25.0 Å². The highest BCUT2D eigenvalue weighted by atomic mass is 16.5. The Balaban J connectivity index is 1.95.